The second-order valence-electron chi connectivity index (χ2n) is 29.1. The number of nitrogens with zero attached hydrogens (tertiary/aromatic N) is 1. The molecule has 570 valence electrons. The van der Waals surface area contributed by atoms with Gasteiger partial charge in [-0.2, -0.15) is 0 Å². The largest absolute Gasteiger partial charge is 0.477 e. The zero-order valence-electron chi connectivity index (χ0n) is 65.4. The molecule has 0 fully saturated rings. The summed E-state index contributed by atoms with van der Waals surface area (Å²) in [5, 5.41) is 9.78. The lowest BCUT2D eigenvalue weighted by Crippen LogP contribution is -2.40. The fourth-order valence-electron chi connectivity index (χ4n) is 11.9. The Bertz CT molecular complexity index is 2050. The van der Waals surface area contributed by atoms with E-state index in [2.05, 4.69) is 135 Å². The van der Waals surface area contributed by atoms with Crippen LogP contribution in [0.5, 0.6) is 0 Å². The highest BCUT2D eigenvalue weighted by molar-refractivity contribution is 5.71. The van der Waals surface area contributed by atoms with Crippen molar-refractivity contribution in [3.63, 3.8) is 0 Å². The molecular weight excluding hydrogens is 1220 g/mol. The van der Waals surface area contributed by atoms with Crippen LogP contribution >= 0.6 is 0 Å². The highest BCUT2D eigenvalue weighted by Gasteiger charge is 2.25. The van der Waals surface area contributed by atoms with E-state index in [4.69, 9.17) is 18.9 Å². The lowest BCUT2D eigenvalue weighted by Gasteiger charge is -2.25. The third-order valence-electron chi connectivity index (χ3n) is 18.2. The van der Waals surface area contributed by atoms with Gasteiger partial charge in [-0.3, -0.25) is 9.59 Å². The Labute approximate surface area is 612 Å². The third kappa shape index (κ3) is 80.9. The normalized spacial score (nSPS) is 13.3. The molecule has 0 saturated heterocycles. The maximum atomic E-state index is 13.0. The Morgan fingerprint density at radius 1 is 0.313 bits per heavy atom. The molecule has 0 amide bonds. The first kappa shape index (κ1) is 94.7. The molecule has 0 saturated carbocycles. The van der Waals surface area contributed by atoms with Gasteiger partial charge < -0.3 is 28.5 Å². The van der Waals surface area contributed by atoms with Gasteiger partial charge in [0.15, 0.2) is 6.10 Å². The number of carbonyl (C=O) groups is 3. The number of esters is 2. The van der Waals surface area contributed by atoms with E-state index in [1.54, 1.807) is 0 Å². The summed E-state index contributed by atoms with van der Waals surface area (Å²) in [4.78, 5) is 37.8. The summed E-state index contributed by atoms with van der Waals surface area (Å²) >= 11 is 0. The Hall–Kier alpha value is -4.31. The molecule has 0 spiro atoms. The molecular formula is C90H158NO8+. The minimum absolute atomic E-state index is 0.183. The maximum Gasteiger partial charge on any atom is 0.361 e. The molecule has 0 radical (unpaired) electrons. The molecule has 1 N–H and O–H groups in total. The average molecular weight is 1380 g/mol. The summed E-state index contributed by atoms with van der Waals surface area (Å²) < 4.78 is 23.1. The lowest BCUT2D eigenvalue weighted by molar-refractivity contribution is -0.870. The van der Waals surface area contributed by atoms with Crippen molar-refractivity contribution >= 4 is 17.9 Å². The summed E-state index contributed by atoms with van der Waals surface area (Å²) in [7, 11) is 5.99. The monoisotopic (exact) mass is 1380 g/mol. The molecule has 0 bridgehead atoms. The highest BCUT2D eigenvalue weighted by Crippen LogP contribution is 2.19. The quantitative estimate of drug-likeness (QED) is 0.0211. The number of carboxylic acids is 1. The van der Waals surface area contributed by atoms with Crippen LogP contribution in [0.25, 0.3) is 0 Å². The van der Waals surface area contributed by atoms with Crippen molar-refractivity contribution in [2.45, 2.75) is 386 Å². The van der Waals surface area contributed by atoms with E-state index < -0.39 is 24.3 Å². The number of carboxylic acid groups (broad SMARTS) is 1. The van der Waals surface area contributed by atoms with Crippen molar-refractivity contribution in [3.8, 4) is 0 Å². The Morgan fingerprint density at radius 3 is 0.859 bits per heavy atom. The third-order valence-corrected chi connectivity index (χ3v) is 18.2. The predicted octanol–water partition coefficient (Wildman–Crippen LogP) is 27.0. The number of hydrogen-bond donors (Lipinski definition) is 1. The molecule has 0 rings (SSSR count). The van der Waals surface area contributed by atoms with Gasteiger partial charge in [0.2, 0.25) is 0 Å². The zero-order chi connectivity index (χ0) is 71.8. The van der Waals surface area contributed by atoms with Gasteiger partial charge in [0.25, 0.3) is 6.29 Å². The van der Waals surface area contributed by atoms with Gasteiger partial charge in [-0.25, -0.2) is 4.79 Å². The highest BCUT2D eigenvalue weighted by atomic mass is 16.7. The standard InChI is InChI=1S/C90H157NO8/c1-6-8-10-12-14-16-18-20-22-24-26-28-30-32-34-36-38-40-42-43-44-45-47-49-51-53-55-57-59-61-63-65-67-69-71-73-75-77-79-81-88(93)99-86(85-98-90(89(94)95)96-83-82-91(3,4)5)84-97-87(92)80-78-76-74-72-70-68-66-64-62-60-58-56-54-52-50-48-46-41-39-37-35-33-31-29-27-25-23-21-19-17-15-13-11-9-7-2/h8,10,14,16,19-22,25-28,32,34,38,40,43-44,47,49,86,90H,6-7,9,11-13,15,17-18,23-24,29-31,33,35-37,39,41-42,45-46,48,50-85H2,1-5H3/p+1/b10-8-,16-14-,21-19-,22-20-,27-25-,28-26-,34-32-,40-38-,44-43-,49-47-. The topological polar surface area (TPSA) is 108 Å². The molecule has 0 aromatic carbocycles. The van der Waals surface area contributed by atoms with Gasteiger partial charge in [-0.05, 0) is 109 Å². The molecule has 0 heterocycles. The zero-order valence-corrected chi connectivity index (χ0v) is 65.4. The Kier molecular flexibility index (Phi) is 75.9. The first-order valence-electron chi connectivity index (χ1n) is 41.7. The molecule has 0 aliphatic heterocycles. The first-order chi connectivity index (χ1) is 48.6. The second-order valence-corrected chi connectivity index (χ2v) is 29.1. The van der Waals surface area contributed by atoms with Gasteiger partial charge >= 0.3 is 17.9 Å². The SMILES string of the molecule is CC/C=C\C/C=C\C/C=C\C/C=C\C/C=C\C/C=C\C/C=C\C/C=C\CCCCCCCCCCCCCCCCC(=O)OC(COC(=O)CCCCCCCCCCCCCCCCCCCCCCCCC/C=C\C/C=C\CCCCCCC)COC(OCC[N+](C)(C)C)C(=O)O. The average Bonchev–Trinajstić information content (AvgIpc) is 1.14. The van der Waals surface area contributed by atoms with Crippen LogP contribution in [0.3, 0.4) is 0 Å². The van der Waals surface area contributed by atoms with Crippen LogP contribution in [0.2, 0.25) is 0 Å². The number of quaternary nitrogens is 1. The van der Waals surface area contributed by atoms with Crippen LogP contribution in [0.1, 0.15) is 373 Å². The maximum absolute atomic E-state index is 13.0. The summed E-state index contributed by atoms with van der Waals surface area (Å²) in [6, 6.07) is 0. The van der Waals surface area contributed by atoms with Crippen molar-refractivity contribution in [2.24, 2.45) is 0 Å². The van der Waals surface area contributed by atoms with E-state index >= 15 is 0 Å². The molecule has 0 aliphatic carbocycles. The molecule has 99 heavy (non-hydrogen) atoms. The van der Waals surface area contributed by atoms with E-state index in [0.717, 1.165) is 96.3 Å². The van der Waals surface area contributed by atoms with E-state index in [0.29, 0.717) is 17.4 Å². The lowest BCUT2D eigenvalue weighted by atomic mass is 10.0. The van der Waals surface area contributed by atoms with Crippen molar-refractivity contribution in [1.29, 1.82) is 0 Å². The Balaban J connectivity index is 4.01. The smallest absolute Gasteiger partial charge is 0.361 e. The summed E-state index contributed by atoms with van der Waals surface area (Å²) in [6.07, 6.45) is 111. The van der Waals surface area contributed by atoms with Crippen LogP contribution in [0.4, 0.5) is 0 Å². The van der Waals surface area contributed by atoms with Crippen LogP contribution in [0.15, 0.2) is 122 Å². The summed E-state index contributed by atoms with van der Waals surface area (Å²) in [6.45, 7) is 4.79. The predicted molar refractivity (Wildman–Crippen MR) is 428 cm³/mol. The van der Waals surface area contributed by atoms with Crippen LogP contribution in [0, 0.1) is 0 Å². The van der Waals surface area contributed by atoms with Crippen LogP contribution < -0.4 is 0 Å². The number of hydrogen-bond acceptors (Lipinski definition) is 7. The Morgan fingerprint density at radius 2 is 0.576 bits per heavy atom. The molecule has 9 nitrogen and oxygen atoms in total. The van der Waals surface area contributed by atoms with Gasteiger partial charge in [-0.1, -0.05) is 373 Å². The second kappa shape index (κ2) is 79.4. The number of likely N-dealkylation sites (N-methyl/N-ethyl adjacent to an activating group) is 1. The molecule has 2 atom stereocenters. The van der Waals surface area contributed by atoms with Gasteiger partial charge in [0, 0.05) is 12.8 Å². The van der Waals surface area contributed by atoms with E-state index in [1.165, 1.54) is 250 Å². The van der Waals surface area contributed by atoms with Crippen molar-refractivity contribution in [2.75, 3.05) is 47.5 Å². The molecule has 2 unspecified atom stereocenters. The van der Waals surface area contributed by atoms with Crippen LogP contribution in [-0.2, 0) is 33.3 Å². The van der Waals surface area contributed by atoms with E-state index in [1.807, 2.05) is 21.1 Å². The van der Waals surface area contributed by atoms with Crippen molar-refractivity contribution in [3.05, 3.63) is 122 Å². The molecule has 9 heteroatoms. The minimum Gasteiger partial charge on any atom is -0.477 e. The van der Waals surface area contributed by atoms with Gasteiger partial charge in [0.1, 0.15) is 13.2 Å². The number of ether oxygens (including phenoxy) is 4. The number of allylic oxidation sites excluding steroid dienone is 20. The molecule has 0 aromatic heterocycles. The molecule has 0 aromatic rings. The van der Waals surface area contributed by atoms with E-state index in [-0.39, 0.29) is 32.2 Å². The number of carbonyl (C=O) groups excluding carboxylic acids is 2. The van der Waals surface area contributed by atoms with Crippen molar-refractivity contribution < 1.29 is 42.9 Å². The summed E-state index contributed by atoms with van der Waals surface area (Å²) in [5.74, 6) is -1.99. The fraction of sp³-hybridized carbons (Fsp3) is 0.744. The molecule has 0 aliphatic rings. The van der Waals surface area contributed by atoms with Crippen LogP contribution in [-0.4, -0.2) is 87.4 Å². The first-order valence-corrected chi connectivity index (χ1v) is 41.7. The van der Waals surface area contributed by atoms with Gasteiger partial charge in [0.05, 0.1) is 34.4 Å². The number of rotatable bonds is 77. The van der Waals surface area contributed by atoms with E-state index in [9.17, 15) is 19.5 Å². The minimum atomic E-state index is -1.52. The fourth-order valence-corrected chi connectivity index (χ4v) is 11.9. The summed E-state index contributed by atoms with van der Waals surface area (Å²) in [5.41, 5.74) is 0. The van der Waals surface area contributed by atoms with Crippen molar-refractivity contribution in [1.82, 2.24) is 0 Å². The van der Waals surface area contributed by atoms with Gasteiger partial charge in [-0.15, -0.1) is 0 Å². The number of aliphatic carboxylic acids is 1. The number of unbranched alkanes of at least 4 members (excludes halogenated alkanes) is 42.